The van der Waals surface area contributed by atoms with Crippen LogP contribution in [-0.2, 0) is 6.54 Å². The molecule has 0 unspecified atom stereocenters. The molecular weight excluding hydrogens is 271 g/mol. The van der Waals surface area contributed by atoms with Gasteiger partial charge >= 0.3 is 0 Å². The third kappa shape index (κ3) is 3.02. The van der Waals surface area contributed by atoms with Gasteiger partial charge in [-0.25, -0.2) is 9.37 Å². The Labute approximate surface area is 120 Å². The van der Waals surface area contributed by atoms with Gasteiger partial charge in [0.25, 0.3) is 0 Å². The lowest BCUT2D eigenvalue weighted by Gasteiger charge is -2.07. The second-order valence-corrected chi connectivity index (χ2v) is 4.58. The van der Waals surface area contributed by atoms with Gasteiger partial charge in [-0.3, -0.25) is 0 Å². The highest BCUT2D eigenvalue weighted by molar-refractivity contribution is 5.60. The van der Waals surface area contributed by atoms with E-state index >= 15 is 0 Å². The Bertz CT molecular complexity index is 725. The van der Waals surface area contributed by atoms with Crippen LogP contribution in [0.5, 0.6) is 5.75 Å². The van der Waals surface area contributed by atoms with E-state index in [-0.39, 0.29) is 5.75 Å². The van der Waals surface area contributed by atoms with Gasteiger partial charge in [-0.1, -0.05) is 6.07 Å². The predicted molar refractivity (Wildman–Crippen MR) is 77.3 cm³/mol. The molecule has 0 saturated heterocycles. The Kier molecular flexibility index (Phi) is 3.55. The second kappa shape index (κ2) is 5.66. The molecule has 2 N–H and O–H groups in total. The van der Waals surface area contributed by atoms with Crippen LogP contribution in [0.2, 0.25) is 0 Å². The van der Waals surface area contributed by atoms with Gasteiger partial charge in [0.15, 0.2) is 23.7 Å². The van der Waals surface area contributed by atoms with Crippen LogP contribution in [0.3, 0.4) is 0 Å². The number of benzene rings is 2. The van der Waals surface area contributed by atoms with Gasteiger partial charge in [-0.05, 0) is 42.0 Å². The SMILES string of the molecule is Oc1ccc(CNc2ccc(-c3cnco3)cc2)cc1F. The van der Waals surface area contributed by atoms with Crippen molar-refractivity contribution in [2.75, 3.05) is 5.32 Å². The minimum absolute atomic E-state index is 0.338. The Hall–Kier alpha value is -2.82. The summed E-state index contributed by atoms with van der Waals surface area (Å²) in [4.78, 5) is 3.87. The summed E-state index contributed by atoms with van der Waals surface area (Å²) < 4.78 is 18.4. The maximum absolute atomic E-state index is 13.2. The molecule has 0 amide bonds. The van der Waals surface area contributed by atoms with Crippen LogP contribution in [0, 0.1) is 5.82 Å². The minimum Gasteiger partial charge on any atom is -0.505 e. The average molecular weight is 284 g/mol. The van der Waals surface area contributed by atoms with Crippen molar-refractivity contribution in [1.29, 1.82) is 0 Å². The molecule has 0 atom stereocenters. The Morgan fingerprint density at radius 2 is 1.95 bits per heavy atom. The minimum atomic E-state index is -0.616. The smallest absolute Gasteiger partial charge is 0.181 e. The van der Waals surface area contributed by atoms with Crippen molar-refractivity contribution in [2.24, 2.45) is 0 Å². The van der Waals surface area contributed by atoms with Crippen LogP contribution < -0.4 is 5.32 Å². The monoisotopic (exact) mass is 284 g/mol. The highest BCUT2D eigenvalue weighted by Crippen LogP contribution is 2.21. The van der Waals surface area contributed by atoms with E-state index < -0.39 is 5.82 Å². The maximum atomic E-state index is 13.2. The number of nitrogens with zero attached hydrogens (tertiary/aromatic N) is 1. The summed E-state index contributed by atoms with van der Waals surface area (Å²) in [6.45, 7) is 0.471. The van der Waals surface area contributed by atoms with Crippen molar-refractivity contribution in [3.05, 3.63) is 66.4 Å². The van der Waals surface area contributed by atoms with Gasteiger partial charge in [0.2, 0.25) is 0 Å². The Morgan fingerprint density at radius 1 is 1.14 bits per heavy atom. The highest BCUT2D eigenvalue weighted by Gasteiger charge is 2.03. The van der Waals surface area contributed by atoms with Crippen molar-refractivity contribution < 1.29 is 13.9 Å². The van der Waals surface area contributed by atoms with Gasteiger partial charge in [-0.2, -0.15) is 0 Å². The molecule has 0 radical (unpaired) electrons. The largest absolute Gasteiger partial charge is 0.505 e. The summed E-state index contributed by atoms with van der Waals surface area (Å²) in [5, 5.41) is 12.3. The number of aromatic nitrogens is 1. The van der Waals surface area contributed by atoms with E-state index in [9.17, 15) is 4.39 Å². The standard InChI is InChI=1S/C16H13FN2O2/c17-14-7-11(1-6-15(14)20)8-19-13-4-2-12(3-5-13)16-9-18-10-21-16/h1-7,9-10,19-20H,8H2. The normalized spacial score (nSPS) is 10.5. The van der Waals surface area contributed by atoms with Crippen LogP contribution in [0.4, 0.5) is 10.1 Å². The zero-order valence-electron chi connectivity index (χ0n) is 11.1. The molecule has 0 aliphatic rings. The summed E-state index contributed by atoms with van der Waals surface area (Å²) in [5.41, 5.74) is 2.60. The summed E-state index contributed by atoms with van der Waals surface area (Å²) in [5.74, 6) is -0.243. The van der Waals surface area contributed by atoms with Crippen molar-refractivity contribution in [3.63, 3.8) is 0 Å². The summed E-state index contributed by atoms with van der Waals surface area (Å²) in [6.07, 6.45) is 3.04. The third-order valence-corrected chi connectivity index (χ3v) is 3.11. The Balaban J connectivity index is 1.66. The zero-order chi connectivity index (χ0) is 14.7. The van der Waals surface area contributed by atoms with Gasteiger partial charge in [0.1, 0.15) is 0 Å². The summed E-state index contributed by atoms with van der Waals surface area (Å²) in [6, 6.07) is 12.0. The number of rotatable bonds is 4. The molecule has 4 nitrogen and oxygen atoms in total. The van der Waals surface area contributed by atoms with E-state index in [1.165, 1.54) is 18.5 Å². The number of oxazole rings is 1. The number of aromatic hydroxyl groups is 1. The molecule has 3 aromatic rings. The lowest BCUT2D eigenvalue weighted by molar-refractivity contribution is 0.432. The van der Waals surface area contributed by atoms with E-state index in [1.54, 1.807) is 12.3 Å². The number of nitrogens with one attached hydrogen (secondary N) is 1. The van der Waals surface area contributed by atoms with Crippen LogP contribution in [-0.4, -0.2) is 10.1 Å². The van der Waals surface area contributed by atoms with Crippen LogP contribution in [0.1, 0.15) is 5.56 Å². The van der Waals surface area contributed by atoms with Crippen LogP contribution in [0.15, 0.2) is 59.5 Å². The third-order valence-electron chi connectivity index (χ3n) is 3.11. The number of phenols is 1. The summed E-state index contributed by atoms with van der Waals surface area (Å²) >= 11 is 0. The molecule has 2 aromatic carbocycles. The summed E-state index contributed by atoms with van der Waals surface area (Å²) in [7, 11) is 0. The van der Waals surface area contributed by atoms with E-state index in [4.69, 9.17) is 9.52 Å². The fourth-order valence-electron chi connectivity index (χ4n) is 1.98. The van der Waals surface area contributed by atoms with Gasteiger partial charge in [-0.15, -0.1) is 0 Å². The molecule has 0 aliphatic heterocycles. The lowest BCUT2D eigenvalue weighted by Crippen LogP contribution is -1.99. The molecule has 0 fully saturated rings. The number of phenolic OH excluding ortho intramolecular Hbond substituents is 1. The molecule has 0 aliphatic carbocycles. The number of halogens is 1. The molecular formula is C16H13FN2O2. The first-order chi connectivity index (χ1) is 10.2. The van der Waals surface area contributed by atoms with E-state index in [1.807, 2.05) is 24.3 Å². The fraction of sp³-hybridized carbons (Fsp3) is 0.0625. The average Bonchev–Trinajstić information content (AvgIpc) is 3.03. The number of hydrogen-bond donors (Lipinski definition) is 2. The van der Waals surface area contributed by atoms with Gasteiger partial charge in [0, 0.05) is 17.8 Å². The van der Waals surface area contributed by atoms with Crippen LogP contribution in [0.25, 0.3) is 11.3 Å². The fourth-order valence-corrected chi connectivity index (χ4v) is 1.98. The first-order valence-electron chi connectivity index (χ1n) is 6.42. The Morgan fingerprint density at radius 3 is 2.62 bits per heavy atom. The van der Waals surface area contributed by atoms with E-state index in [0.29, 0.717) is 12.3 Å². The quantitative estimate of drug-likeness (QED) is 0.765. The molecule has 0 saturated carbocycles. The highest BCUT2D eigenvalue weighted by atomic mass is 19.1. The first kappa shape index (κ1) is 13.2. The van der Waals surface area contributed by atoms with Gasteiger partial charge in [0.05, 0.1) is 6.20 Å². The number of hydrogen-bond acceptors (Lipinski definition) is 4. The second-order valence-electron chi connectivity index (χ2n) is 4.58. The topological polar surface area (TPSA) is 58.3 Å². The van der Waals surface area contributed by atoms with E-state index in [2.05, 4.69) is 10.3 Å². The lowest BCUT2D eigenvalue weighted by atomic mass is 10.1. The number of anilines is 1. The van der Waals surface area contributed by atoms with Crippen molar-refractivity contribution >= 4 is 5.69 Å². The molecule has 1 heterocycles. The molecule has 106 valence electrons. The van der Waals surface area contributed by atoms with E-state index in [0.717, 1.165) is 16.8 Å². The van der Waals surface area contributed by atoms with Gasteiger partial charge < -0.3 is 14.8 Å². The first-order valence-corrected chi connectivity index (χ1v) is 6.42. The molecule has 0 spiro atoms. The molecule has 1 aromatic heterocycles. The van der Waals surface area contributed by atoms with Crippen molar-refractivity contribution in [1.82, 2.24) is 4.98 Å². The molecule has 3 rings (SSSR count). The molecule has 0 bridgehead atoms. The van der Waals surface area contributed by atoms with Crippen molar-refractivity contribution in [2.45, 2.75) is 6.54 Å². The molecule has 21 heavy (non-hydrogen) atoms. The molecule has 5 heteroatoms. The zero-order valence-corrected chi connectivity index (χ0v) is 11.1. The maximum Gasteiger partial charge on any atom is 0.181 e. The van der Waals surface area contributed by atoms with Crippen molar-refractivity contribution in [3.8, 4) is 17.1 Å². The predicted octanol–water partition coefficient (Wildman–Crippen LogP) is 3.80. The van der Waals surface area contributed by atoms with Crippen LogP contribution >= 0.6 is 0 Å².